The Balaban J connectivity index is 1.76. The highest BCUT2D eigenvalue weighted by atomic mass is 32.2. The Morgan fingerprint density at radius 1 is 1.16 bits per heavy atom. The van der Waals surface area contributed by atoms with Crippen LogP contribution in [0, 0.1) is 0 Å². The van der Waals surface area contributed by atoms with E-state index in [1.165, 1.54) is 29.4 Å². The van der Waals surface area contributed by atoms with Crippen LogP contribution in [0.15, 0.2) is 6.07 Å². The summed E-state index contributed by atoms with van der Waals surface area (Å²) in [5.41, 5.74) is 6.32. The summed E-state index contributed by atoms with van der Waals surface area (Å²) in [6, 6.07) is 1.41. The highest BCUT2D eigenvalue weighted by Crippen LogP contribution is 2.38. The summed E-state index contributed by atoms with van der Waals surface area (Å²) in [4.78, 5) is 24.5. The molecular formula is C19H26N2O3S. The molecule has 2 amide bonds. The summed E-state index contributed by atoms with van der Waals surface area (Å²) in [5, 5.41) is 5.86. The van der Waals surface area contributed by atoms with E-state index in [1.54, 1.807) is 11.8 Å². The Kier molecular flexibility index (Phi) is 5.89. The lowest BCUT2D eigenvalue weighted by molar-refractivity contribution is -0.142. The molecule has 2 aliphatic carbocycles. The van der Waals surface area contributed by atoms with Crippen LogP contribution >= 0.6 is 11.8 Å². The van der Waals surface area contributed by atoms with E-state index >= 15 is 0 Å². The fourth-order valence-electron chi connectivity index (χ4n) is 3.90. The van der Waals surface area contributed by atoms with E-state index in [0.717, 1.165) is 50.0 Å². The Labute approximate surface area is 153 Å². The average molecular weight is 362 g/mol. The summed E-state index contributed by atoms with van der Waals surface area (Å²) < 4.78 is 4.82. The molecule has 136 valence electrons. The molecular weight excluding hydrogens is 336 g/mol. The Morgan fingerprint density at radius 3 is 2.36 bits per heavy atom. The molecule has 0 saturated heterocycles. The first-order chi connectivity index (χ1) is 12.1. The van der Waals surface area contributed by atoms with Crippen molar-refractivity contribution in [1.82, 2.24) is 5.32 Å². The standard InChI is InChI=1S/C19H26N2O3S/c1-24-18(22)16(9-10-25-2)20-19(23)21-17-14-7-3-5-12(14)11-13-6-4-8-15(13)17/h11,16H,3-10H2,1-2H3,(H2,20,21,23)/t16-/m1/s1. The van der Waals surface area contributed by atoms with Crippen LogP contribution in [0.25, 0.3) is 0 Å². The summed E-state index contributed by atoms with van der Waals surface area (Å²) in [5.74, 6) is 0.392. The first kappa shape index (κ1) is 18.1. The number of esters is 1. The molecule has 2 N–H and O–H groups in total. The maximum atomic E-state index is 12.6. The predicted octanol–water partition coefficient (Wildman–Crippen LogP) is 3.08. The van der Waals surface area contributed by atoms with Gasteiger partial charge in [-0.2, -0.15) is 11.8 Å². The van der Waals surface area contributed by atoms with E-state index in [-0.39, 0.29) is 6.03 Å². The van der Waals surface area contributed by atoms with E-state index in [1.807, 2.05) is 6.26 Å². The SMILES string of the molecule is COC(=O)[C@@H](CCSC)NC(=O)Nc1c2c(cc3c1CCC3)CCC2. The number of amides is 2. The zero-order valence-electron chi connectivity index (χ0n) is 14.9. The van der Waals surface area contributed by atoms with Gasteiger partial charge in [-0.1, -0.05) is 6.07 Å². The van der Waals surface area contributed by atoms with E-state index in [9.17, 15) is 9.59 Å². The Hall–Kier alpha value is -1.69. The minimum absolute atomic E-state index is 0.314. The molecule has 0 aliphatic heterocycles. The van der Waals surface area contributed by atoms with Gasteiger partial charge in [-0.25, -0.2) is 9.59 Å². The smallest absolute Gasteiger partial charge is 0.328 e. The van der Waals surface area contributed by atoms with Crippen molar-refractivity contribution in [3.05, 3.63) is 28.3 Å². The summed E-state index contributed by atoms with van der Waals surface area (Å²) >= 11 is 1.64. The number of benzene rings is 1. The van der Waals surface area contributed by atoms with Crippen molar-refractivity contribution >= 4 is 29.4 Å². The monoisotopic (exact) mass is 362 g/mol. The zero-order chi connectivity index (χ0) is 17.8. The van der Waals surface area contributed by atoms with Gasteiger partial charge < -0.3 is 15.4 Å². The number of methoxy groups -OCH3 is 1. The summed E-state index contributed by atoms with van der Waals surface area (Å²) in [6.07, 6.45) is 9.06. The molecule has 5 nitrogen and oxygen atoms in total. The van der Waals surface area contributed by atoms with Crippen LogP contribution in [0.2, 0.25) is 0 Å². The quantitative estimate of drug-likeness (QED) is 0.763. The number of carbonyl (C=O) groups is 2. The summed E-state index contributed by atoms with van der Waals surface area (Å²) in [6.45, 7) is 0. The lowest BCUT2D eigenvalue weighted by Crippen LogP contribution is -2.44. The van der Waals surface area contributed by atoms with E-state index in [0.29, 0.717) is 6.42 Å². The normalized spacial score (nSPS) is 16.1. The van der Waals surface area contributed by atoms with Gasteiger partial charge in [0.2, 0.25) is 0 Å². The van der Waals surface area contributed by atoms with Gasteiger partial charge in [-0.15, -0.1) is 0 Å². The number of hydrogen-bond donors (Lipinski definition) is 2. The molecule has 1 aromatic rings. The first-order valence-electron chi connectivity index (χ1n) is 8.94. The molecule has 0 fully saturated rings. The van der Waals surface area contributed by atoms with Gasteiger partial charge in [0.1, 0.15) is 6.04 Å². The van der Waals surface area contributed by atoms with Crippen molar-refractivity contribution in [3.8, 4) is 0 Å². The van der Waals surface area contributed by atoms with Crippen LogP contribution < -0.4 is 10.6 Å². The van der Waals surface area contributed by atoms with Crippen molar-refractivity contribution in [2.75, 3.05) is 24.4 Å². The van der Waals surface area contributed by atoms with Crippen LogP contribution in [-0.4, -0.2) is 37.2 Å². The van der Waals surface area contributed by atoms with Gasteiger partial charge in [0, 0.05) is 5.69 Å². The summed E-state index contributed by atoms with van der Waals surface area (Å²) in [7, 11) is 1.35. The minimum Gasteiger partial charge on any atom is -0.467 e. The molecule has 0 unspecified atom stereocenters. The number of nitrogens with one attached hydrogen (secondary N) is 2. The molecule has 25 heavy (non-hydrogen) atoms. The number of carbonyl (C=O) groups excluding carboxylic acids is 2. The van der Waals surface area contributed by atoms with Crippen molar-refractivity contribution in [1.29, 1.82) is 0 Å². The van der Waals surface area contributed by atoms with Crippen molar-refractivity contribution in [3.63, 3.8) is 0 Å². The van der Waals surface area contributed by atoms with Gasteiger partial charge in [-0.3, -0.25) is 0 Å². The van der Waals surface area contributed by atoms with Gasteiger partial charge >= 0.3 is 12.0 Å². The largest absolute Gasteiger partial charge is 0.467 e. The fourth-order valence-corrected chi connectivity index (χ4v) is 4.37. The lowest BCUT2D eigenvalue weighted by atomic mass is 9.99. The third-order valence-corrected chi connectivity index (χ3v) is 5.76. The number of urea groups is 1. The maximum absolute atomic E-state index is 12.6. The number of ether oxygens (including phenoxy) is 1. The van der Waals surface area contributed by atoms with E-state index in [2.05, 4.69) is 16.7 Å². The minimum atomic E-state index is -0.609. The van der Waals surface area contributed by atoms with Crippen LogP contribution in [0.1, 0.15) is 41.5 Å². The predicted molar refractivity (Wildman–Crippen MR) is 101 cm³/mol. The Bertz CT molecular complexity index is 643. The topological polar surface area (TPSA) is 67.4 Å². The molecule has 1 aromatic carbocycles. The molecule has 1 atom stereocenters. The first-order valence-corrected chi connectivity index (χ1v) is 10.3. The number of anilines is 1. The zero-order valence-corrected chi connectivity index (χ0v) is 15.8. The second kappa shape index (κ2) is 8.13. The highest BCUT2D eigenvalue weighted by Gasteiger charge is 2.26. The average Bonchev–Trinajstić information content (AvgIpc) is 3.26. The van der Waals surface area contributed by atoms with Gasteiger partial charge in [0.15, 0.2) is 0 Å². The molecule has 2 aliphatic rings. The van der Waals surface area contributed by atoms with Crippen LogP contribution in [0.5, 0.6) is 0 Å². The van der Waals surface area contributed by atoms with E-state index in [4.69, 9.17) is 4.74 Å². The van der Waals surface area contributed by atoms with E-state index < -0.39 is 12.0 Å². The third-order valence-electron chi connectivity index (χ3n) is 5.11. The molecule has 3 rings (SSSR count). The van der Waals surface area contributed by atoms with Crippen molar-refractivity contribution < 1.29 is 14.3 Å². The molecule has 0 aromatic heterocycles. The lowest BCUT2D eigenvalue weighted by Gasteiger charge is -2.19. The highest BCUT2D eigenvalue weighted by molar-refractivity contribution is 7.98. The molecule has 0 saturated carbocycles. The number of hydrogen-bond acceptors (Lipinski definition) is 4. The number of rotatable bonds is 6. The second-order valence-corrected chi connectivity index (χ2v) is 7.68. The van der Waals surface area contributed by atoms with Gasteiger partial charge in [0.05, 0.1) is 7.11 Å². The fraction of sp³-hybridized carbons (Fsp3) is 0.579. The molecule has 0 spiro atoms. The van der Waals surface area contributed by atoms with Crippen molar-refractivity contribution in [2.24, 2.45) is 0 Å². The molecule has 0 radical (unpaired) electrons. The number of aryl methyl sites for hydroxylation is 2. The maximum Gasteiger partial charge on any atom is 0.328 e. The van der Waals surface area contributed by atoms with Crippen LogP contribution in [0.3, 0.4) is 0 Å². The van der Waals surface area contributed by atoms with Gasteiger partial charge in [0.25, 0.3) is 0 Å². The van der Waals surface area contributed by atoms with Gasteiger partial charge in [-0.05, 0) is 79.2 Å². The number of fused-ring (bicyclic) bond motifs is 2. The molecule has 6 heteroatoms. The van der Waals surface area contributed by atoms with Crippen LogP contribution in [0.4, 0.5) is 10.5 Å². The third kappa shape index (κ3) is 3.94. The van der Waals surface area contributed by atoms with Crippen LogP contribution in [-0.2, 0) is 35.2 Å². The second-order valence-electron chi connectivity index (χ2n) is 6.69. The Morgan fingerprint density at radius 2 is 1.80 bits per heavy atom. The molecule has 0 bridgehead atoms. The van der Waals surface area contributed by atoms with Crippen molar-refractivity contribution in [2.45, 2.75) is 51.0 Å². The number of thioether (sulfide) groups is 1. The molecule has 0 heterocycles.